The second-order valence-corrected chi connectivity index (χ2v) is 6.68. The third-order valence-corrected chi connectivity index (χ3v) is 4.89. The van der Waals surface area contributed by atoms with Crippen molar-refractivity contribution in [3.63, 3.8) is 0 Å². The summed E-state index contributed by atoms with van der Waals surface area (Å²) >= 11 is 0. The van der Waals surface area contributed by atoms with Crippen LogP contribution < -0.4 is 10.1 Å². The maximum Gasteiger partial charge on any atom is 0.289 e. The van der Waals surface area contributed by atoms with Crippen LogP contribution in [0.4, 0.5) is 0 Å². The van der Waals surface area contributed by atoms with Crippen LogP contribution in [-0.4, -0.2) is 68.5 Å². The zero-order valence-electron chi connectivity index (χ0n) is 17.0. The summed E-state index contributed by atoms with van der Waals surface area (Å²) in [5.41, 5.74) is 1.29. The topological polar surface area (TPSA) is 70.3 Å². The molecular formula is C21H29IN4O3. The molecule has 1 aromatic carbocycles. The highest BCUT2D eigenvalue weighted by Gasteiger charge is 2.24. The first-order chi connectivity index (χ1) is 13.7. The van der Waals surface area contributed by atoms with Gasteiger partial charge in [0.1, 0.15) is 5.75 Å². The van der Waals surface area contributed by atoms with E-state index in [2.05, 4.69) is 27.3 Å². The van der Waals surface area contributed by atoms with E-state index < -0.39 is 0 Å². The molecule has 0 saturated carbocycles. The van der Waals surface area contributed by atoms with Crippen molar-refractivity contribution < 1.29 is 13.9 Å². The van der Waals surface area contributed by atoms with E-state index in [1.807, 2.05) is 17.0 Å². The highest BCUT2D eigenvalue weighted by Crippen LogP contribution is 2.12. The first kappa shape index (κ1) is 23.1. The second kappa shape index (κ2) is 11.7. The van der Waals surface area contributed by atoms with Gasteiger partial charge in [-0.1, -0.05) is 12.1 Å². The highest BCUT2D eigenvalue weighted by molar-refractivity contribution is 14.0. The van der Waals surface area contributed by atoms with Crippen molar-refractivity contribution in [1.82, 2.24) is 15.1 Å². The van der Waals surface area contributed by atoms with Crippen LogP contribution in [0.25, 0.3) is 0 Å². The minimum absolute atomic E-state index is 0. The lowest BCUT2D eigenvalue weighted by Gasteiger charge is -2.36. The standard InChI is InChI=1S/C21H28N4O3.HI/c1-22-21(23-11-3-5-17-7-9-18(27-2)10-8-17)25-14-12-24(13-15-25)20(26)19-6-4-16-28-19;/h4,6-10,16H,3,5,11-15H2,1-2H3,(H,22,23);1H. The maximum absolute atomic E-state index is 12.4. The molecule has 0 unspecified atom stereocenters. The summed E-state index contributed by atoms with van der Waals surface area (Å²) in [5.74, 6) is 2.12. The lowest BCUT2D eigenvalue weighted by atomic mass is 10.1. The van der Waals surface area contributed by atoms with Gasteiger partial charge in [-0.15, -0.1) is 24.0 Å². The molecule has 8 heteroatoms. The van der Waals surface area contributed by atoms with E-state index in [0.29, 0.717) is 18.8 Å². The number of furan rings is 1. The Labute approximate surface area is 189 Å². The molecule has 2 aromatic rings. The summed E-state index contributed by atoms with van der Waals surface area (Å²) in [4.78, 5) is 20.8. The molecule has 7 nitrogen and oxygen atoms in total. The second-order valence-electron chi connectivity index (χ2n) is 6.68. The summed E-state index contributed by atoms with van der Waals surface area (Å²) in [6.07, 6.45) is 3.54. The SMILES string of the molecule is CN=C(NCCCc1ccc(OC)cc1)N1CCN(C(=O)c2ccco2)CC1.I. The third-order valence-electron chi connectivity index (χ3n) is 4.89. The fourth-order valence-corrected chi connectivity index (χ4v) is 3.29. The van der Waals surface area contributed by atoms with Crippen LogP contribution in [0.2, 0.25) is 0 Å². The molecule has 3 rings (SSSR count). The molecule has 1 amide bonds. The molecule has 0 bridgehead atoms. The smallest absolute Gasteiger partial charge is 0.289 e. The molecular weight excluding hydrogens is 483 g/mol. The van der Waals surface area contributed by atoms with Gasteiger partial charge in [-0.3, -0.25) is 9.79 Å². The van der Waals surface area contributed by atoms with Gasteiger partial charge in [-0.2, -0.15) is 0 Å². The van der Waals surface area contributed by atoms with E-state index >= 15 is 0 Å². The Morgan fingerprint density at radius 2 is 1.83 bits per heavy atom. The third kappa shape index (κ3) is 6.38. The van der Waals surface area contributed by atoms with Crippen molar-refractivity contribution in [1.29, 1.82) is 0 Å². The van der Waals surface area contributed by atoms with Crippen LogP contribution in [0.3, 0.4) is 0 Å². The molecule has 0 atom stereocenters. The van der Waals surface area contributed by atoms with Crippen LogP contribution in [-0.2, 0) is 6.42 Å². The number of benzene rings is 1. The lowest BCUT2D eigenvalue weighted by Crippen LogP contribution is -2.53. The quantitative estimate of drug-likeness (QED) is 0.279. The van der Waals surface area contributed by atoms with Crippen molar-refractivity contribution in [2.75, 3.05) is 46.9 Å². The summed E-state index contributed by atoms with van der Waals surface area (Å²) in [5, 5.41) is 3.43. The minimum atomic E-state index is -0.0490. The predicted molar refractivity (Wildman–Crippen MR) is 124 cm³/mol. The molecule has 1 saturated heterocycles. The van der Waals surface area contributed by atoms with E-state index in [1.54, 1.807) is 26.3 Å². The molecule has 29 heavy (non-hydrogen) atoms. The predicted octanol–water partition coefficient (Wildman–Crippen LogP) is 2.87. The van der Waals surface area contributed by atoms with E-state index in [4.69, 9.17) is 9.15 Å². The summed E-state index contributed by atoms with van der Waals surface area (Å²) < 4.78 is 10.4. The van der Waals surface area contributed by atoms with Crippen LogP contribution in [0.1, 0.15) is 22.5 Å². The van der Waals surface area contributed by atoms with Gasteiger partial charge >= 0.3 is 0 Å². The number of ether oxygens (including phenoxy) is 1. The molecule has 2 heterocycles. The van der Waals surface area contributed by atoms with Crippen molar-refractivity contribution in [3.8, 4) is 5.75 Å². The lowest BCUT2D eigenvalue weighted by molar-refractivity contribution is 0.0658. The Hall–Kier alpha value is -2.23. The van der Waals surface area contributed by atoms with Gasteiger partial charge in [0.15, 0.2) is 11.7 Å². The fourth-order valence-electron chi connectivity index (χ4n) is 3.29. The Kier molecular flexibility index (Phi) is 9.30. The number of methoxy groups -OCH3 is 1. The monoisotopic (exact) mass is 512 g/mol. The average molecular weight is 512 g/mol. The van der Waals surface area contributed by atoms with Crippen LogP contribution in [0, 0.1) is 0 Å². The molecule has 1 N–H and O–H groups in total. The average Bonchev–Trinajstić information content (AvgIpc) is 3.29. The number of nitrogens with zero attached hydrogens (tertiary/aromatic N) is 3. The molecule has 0 spiro atoms. The number of guanidine groups is 1. The van der Waals surface area contributed by atoms with Crippen molar-refractivity contribution in [2.24, 2.45) is 4.99 Å². The number of rotatable bonds is 6. The molecule has 158 valence electrons. The molecule has 1 fully saturated rings. The van der Waals surface area contributed by atoms with Gasteiger partial charge in [-0.25, -0.2) is 0 Å². The normalized spacial score (nSPS) is 14.3. The largest absolute Gasteiger partial charge is 0.497 e. The molecule has 0 aliphatic carbocycles. The summed E-state index contributed by atoms with van der Waals surface area (Å²) in [6.45, 7) is 3.68. The highest BCUT2D eigenvalue weighted by atomic mass is 127. The van der Waals surface area contributed by atoms with Crippen LogP contribution >= 0.6 is 24.0 Å². The van der Waals surface area contributed by atoms with Crippen LogP contribution in [0.15, 0.2) is 52.1 Å². The molecule has 1 aliphatic rings. The van der Waals surface area contributed by atoms with Gasteiger partial charge in [0, 0.05) is 39.8 Å². The molecule has 1 aliphatic heterocycles. The number of amides is 1. The van der Waals surface area contributed by atoms with E-state index in [0.717, 1.165) is 44.2 Å². The van der Waals surface area contributed by atoms with Gasteiger partial charge < -0.3 is 24.3 Å². The number of carbonyl (C=O) groups is 1. The number of aryl methyl sites for hydroxylation is 1. The van der Waals surface area contributed by atoms with Gasteiger partial charge in [0.25, 0.3) is 5.91 Å². The Balaban J connectivity index is 0.00000300. The fraction of sp³-hybridized carbons (Fsp3) is 0.429. The van der Waals surface area contributed by atoms with E-state index in [9.17, 15) is 4.79 Å². The van der Waals surface area contributed by atoms with Gasteiger partial charge in [-0.05, 0) is 42.7 Å². The van der Waals surface area contributed by atoms with Crippen molar-refractivity contribution >= 4 is 35.8 Å². The zero-order valence-corrected chi connectivity index (χ0v) is 19.3. The van der Waals surface area contributed by atoms with Crippen molar-refractivity contribution in [2.45, 2.75) is 12.8 Å². The Morgan fingerprint density at radius 1 is 1.14 bits per heavy atom. The number of hydrogen-bond donors (Lipinski definition) is 1. The summed E-state index contributed by atoms with van der Waals surface area (Å²) in [6, 6.07) is 11.6. The van der Waals surface area contributed by atoms with Gasteiger partial charge in [0.05, 0.1) is 13.4 Å². The number of nitrogens with one attached hydrogen (secondary N) is 1. The maximum atomic E-state index is 12.4. The van der Waals surface area contributed by atoms with Crippen molar-refractivity contribution in [3.05, 3.63) is 54.0 Å². The zero-order chi connectivity index (χ0) is 19.8. The number of halogens is 1. The van der Waals surface area contributed by atoms with E-state index in [1.165, 1.54) is 11.8 Å². The first-order valence-electron chi connectivity index (χ1n) is 9.62. The molecule has 1 aromatic heterocycles. The minimum Gasteiger partial charge on any atom is -0.497 e. The summed E-state index contributed by atoms with van der Waals surface area (Å²) in [7, 11) is 3.48. The number of hydrogen-bond acceptors (Lipinski definition) is 4. The van der Waals surface area contributed by atoms with Crippen LogP contribution in [0.5, 0.6) is 5.75 Å². The Bertz CT molecular complexity index is 770. The van der Waals surface area contributed by atoms with Gasteiger partial charge in [0.2, 0.25) is 0 Å². The number of piperazine rings is 1. The number of carbonyl (C=O) groups excluding carboxylic acids is 1. The first-order valence-corrected chi connectivity index (χ1v) is 9.62. The number of aliphatic imine (C=N–C) groups is 1. The molecule has 0 radical (unpaired) electrons. The van der Waals surface area contributed by atoms with E-state index in [-0.39, 0.29) is 29.9 Å². The Morgan fingerprint density at radius 3 is 2.41 bits per heavy atom.